The van der Waals surface area contributed by atoms with Crippen LogP contribution in [-0.2, 0) is 9.47 Å². The lowest BCUT2D eigenvalue weighted by atomic mass is 9.70. The van der Waals surface area contributed by atoms with E-state index in [4.69, 9.17) is 21.1 Å². The van der Waals surface area contributed by atoms with Gasteiger partial charge in [0.15, 0.2) is 12.4 Å². The first-order valence-electron chi connectivity index (χ1n) is 8.83. The Morgan fingerprint density at radius 1 is 1.33 bits per heavy atom. The van der Waals surface area contributed by atoms with Gasteiger partial charge >= 0.3 is 0 Å². The third-order valence-electron chi connectivity index (χ3n) is 7.26. The minimum Gasteiger partial charge on any atom is -0.348 e. The molecule has 4 rings (SSSR count). The fraction of sp³-hybridized carbons (Fsp3) is 0.650. The van der Waals surface area contributed by atoms with Gasteiger partial charge in [-0.25, -0.2) is 0 Å². The van der Waals surface area contributed by atoms with Gasteiger partial charge in [-0.1, -0.05) is 50.6 Å². The van der Waals surface area contributed by atoms with Crippen molar-refractivity contribution in [2.24, 2.45) is 22.7 Å². The van der Waals surface area contributed by atoms with Crippen LogP contribution in [0.25, 0.3) is 0 Å². The largest absolute Gasteiger partial charge is 0.348 e. The van der Waals surface area contributed by atoms with Crippen molar-refractivity contribution in [3.05, 3.63) is 34.9 Å². The molecule has 2 bridgehead atoms. The number of ether oxygens (including phenoxy) is 2. The summed E-state index contributed by atoms with van der Waals surface area (Å²) >= 11 is 6.22. The normalized spacial score (nSPS) is 40.3. The summed E-state index contributed by atoms with van der Waals surface area (Å²) < 4.78 is 12.4. The van der Waals surface area contributed by atoms with Gasteiger partial charge in [-0.05, 0) is 41.6 Å². The highest BCUT2D eigenvalue weighted by molar-refractivity contribution is 6.31. The number of nitrogens with zero attached hydrogens (tertiary/aromatic N) is 1. The molecule has 0 aromatic heterocycles. The smallest absolute Gasteiger partial charge is 0.173 e. The Balaban J connectivity index is 1.52. The van der Waals surface area contributed by atoms with E-state index in [1.165, 1.54) is 12.8 Å². The lowest BCUT2D eigenvalue weighted by molar-refractivity contribution is -0.177. The lowest BCUT2D eigenvalue weighted by Gasteiger charge is -2.38. The standard InChI is InChI=1S/C20H24ClNO2/c1-19(2)14-8-9-20(19,3)18-13(14)10-17(24-18)23-16(11-22)12-6-4-5-7-15(12)21/h4-7,13-14,16-18H,8-10H2,1-3H3/t13-,14+,16+,17-,18-,20-/m0/s1. The van der Waals surface area contributed by atoms with Gasteiger partial charge in [-0.3, -0.25) is 0 Å². The highest BCUT2D eigenvalue weighted by Crippen LogP contribution is 2.71. The van der Waals surface area contributed by atoms with Crippen molar-refractivity contribution < 1.29 is 9.47 Å². The molecule has 3 nitrogen and oxygen atoms in total. The second-order valence-corrected chi connectivity index (χ2v) is 8.74. The highest BCUT2D eigenvalue weighted by Gasteiger charge is 2.69. The van der Waals surface area contributed by atoms with Gasteiger partial charge in [0.2, 0.25) is 0 Å². The number of benzene rings is 1. The summed E-state index contributed by atoms with van der Waals surface area (Å²) in [5, 5.41) is 10.1. The van der Waals surface area contributed by atoms with Crippen LogP contribution in [0.15, 0.2) is 24.3 Å². The molecule has 3 fully saturated rings. The molecule has 128 valence electrons. The fourth-order valence-electron chi connectivity index (χ4n) is 5.58. The van der Waals surface area contributed by atoms with E-state index >= 15 is 0 Å². The van der Waals surface area contributed by atoms with Crippen LogP contribution in [-0.4, -0.2) is 12.4 Å². The minimum atomic E-state index is -0.680. The third kappa shape index (κ3) is 2.10. The van der Waals surface area contributed by atoms with Gasteiger partial charge in [0.25, 0.3) is 0 Å². The summed E-state index contributed by atoms with van der Waals surface area (Å²) in [5.41, 5.74) is 1.26. The molecular weight excluding hydrogens is 322 g/mol. The van der Waals surface area contributed by atoms with Gasteiger partial charge in [0.1, 0.15) is 0 Å². The van der Waals surface area contributed by atoms with Crippen molar-refractivity contribution in [2.45, 2.75) is 58.5 Å². The van der Waals surface area contributed by atoms with Crippen molar-refractivity contribution in [3.63, 3.8) is 0 Å². The molecule has 2 aliphatic carbocycles. The predicted octanol–water partition coefficient (Wildman–Crippen LogP) is 5.11. The molecule has 0 N–H and O–H groups in total. The maximum absolute atomic E-state index is 9.53. The Morgan fingerprint density at radius 3 is 2.75 bits per heavy atom. The quantitative estimate of drug-likeness (QED) is 0.764. The molecule has 1 aromatic rings. The van der Waals surface area contributed by atoms with Crippen LogP contribution in [0.3, 0.4) is 0 Å². The average molecular weight is 346 g/mol. The monoisotopic (exact) mass is 345 g/mol. The number of hydrogen-bond acceptors (Lipinski definition) is 3. The SMILES string of the molecule is CC1(C)[C@@H]2CC[C@@]1(C)[C@H]1O[C@H](O[C@H](C#N)c3ccccc3Cl)C[C@@H]21. The number of halogens is 1. The molecule has 0 unspecified atom stereocenters. The van der Waals surface area contributed by atoms with Gasteiger partial charge in [0, 0.05) is 17.0 Å². The molecule has 0 amide bonds. The molecule has 1 saturated heterocycles. The molecule has 4 heteroatoms. The first kappa shape index (κ1) is 16.4. The summed E-state index contributed by atoms with van der Waals surface area (Å²) in [4.78, 5) is 0. The van der Waals surface area contributed by atoms with Crippen molar-refractivity contribution >= 4 is 11.6 Å². The van der Waals surface area contributed by atoms with Crippen LogP contribution < -0.4 is 0 Å². The van der Waals surface area contributed by atoms with E-state index in [0.29, 0.717) is 22.3 Å². The topological polar surface area (TPSA) is 42.2 Å². The molecule has 3 aliphatic rings. The summed E-state index contributed by atoms with van der Waals surface area (Å²) in [6.07, 6.45) is 2.66. The average Bonchev–Trinajstić information content (AvgIpc) is 3.11. The van der Waals surface area contributed by atoms with Crippen LogP contribution in [0.5, 0.6) is 0 Å². The first-order chi connectivity index (χ1) is 11.4. The second-order valence-electron chi connectivity index (χ2n) is 8.34. The molecule has 6 atom stereocenters. The van der Waals surface area contributed by atoms with Gasteiger partial charge in [0.05, 0.1) is 12.2 Å². The fourth-order valence-corrected chi connectivity index (χ4v) is 5.82. The van der Waals surface area contributed by atoms with Crippen LogP contribution in [0.2, 0.25) is 5.02 Å². The van der Waals surface area contributed by atoms with Gasteiger partial charge in [-0.2, -0.15) is 5.26 Å². The Kier molecular flexibility index (Phi) is 3.73. The Labute approximate surface area is 148 Å². The maximum atomic E-state index is 9.53. The Bertz CT molecular complexity index is 697. The molecule has 2 saturated carbocycles. The molecule has 1 aromatic carbocycles. The first-order valence-corrected chi connectivity index (χ1v) is 9.21. The Morgan fingerprint density at radius 2 is 2.08 bits per heavy atom. The summed E-state index contributed by atoms with van der Waals surface area (Å²) in [5.74, 6) is 1.25. The maximum Gasteiger partial charge on any atom is 0.173 e. The van der Waals surface area contributed by atoms with Crippen LogP contribution in [0.4, 0.5) is 0 Å². The number of rotatable bonds is 3. The number of fused-ring (bicyclic) bond motifs is 5. The summed E-state index contributed by atoms with van der Waals surface area (Å²) in [7, 11) is 0. The second kappa shape index (κ2) is 5.46. The van der Waals surface area contributed by atoms with Gasteiger partial charge in [-0.15, -0.1) is 0 Å². The highest BCUT2D eigenvalue weighted by atomic mass is 35.5. The van der Waals surface area contributed by atoms with Crippen LogP contribution in [0, 0.1) is 34.0 Å². The Hall–Kier alpha value is -1.08. The van der Waals surface area contributed by atoms with E-state index in [2.05, 4.69) is 26.8 Å². The van der Waals surface area contributed by atoms with E-state index in [9.17, 15) is 5.26 Å². The van der Waals surface area contributed by atoms with Gasteiger partial charge < -0.3 is 9.47 Å². The summed E-state index contributed by atoms with van der Waals surface area (Å²) in [6, 6.07) is 9.60. The van der Waals surface area contributed by atoms with Crippen molar-refractivity contribution in [3.8, 4) is 6.07 Å². The van der Waals surface area contributed by atoms with E-state index in [-0.39, 0.29) is 17.8 Å². The predicted molar refractivity (Wildman–Crippen MR) is 92.3 cm³/mol. The summed E-state index contributed by atoms with van der Waals surface area (Å²) in [6.45, 7) is 7.16. The molecular formula is C20H24ClNO2. The zero-order chi connectivity index (χ0) is 17.1. The van der Waals surface area contributed by atoms with Crippen molar-refractivity contribution in [2.75, 3.05) is 0 Å². The van der Waals surface area contributed by atoms with E-state index in [0.717, 1.165) is 12.0 Å². The van der Waals surface area contributed by atoms with Crippen molar-refractivity contribution in [1.82, 2.24) is 0 Å². The number of nitriles is 1. The van der Waals surface area contributed by atoms with Crippen LogP contribution >= 0.6 is 11.6 Å². The van der Waals surface area contributed by atoms with E-state index in [1.54, 1.807) is 6.07 Å². The van der Waals surface area contributed by atoms with Crippen molar-refractivity contribution in [1.29, 1.82) is 5.26 Å². The zero-order valence-electron chi connectivity index (χ0n) is 14.5. The molecule has 24 heavy (non-hydrogen) atoms. The molecule has 1 heterocycles. The minimum absolute atomic E-state index is 0.215. The third-order valence-corrected chi connectivity index (χ3v) is 7.61. The number of hydrogen-bond donors (Lipinski definition) is 0. The molecule has 0 radical (unpaired) electrons. The van der Waals surface area contributed by atoms with E-state index < -0.39 is 6.10 Å². The van der Waals surface area contributed by atoms with E-state index in [1.807, 2.05) is 18.2 Å². The zero-order valence-corrected chi connectivity index (χ0v) is 15.2. The molecule has 0 spiro atoms. The van der Waals surface area contributed by atoms with Crippen LogP contribution in [0.1, 0.15) is 51.7 Å². The lowest BCUT2D eigenvalue weighted by Crippen LogP contribution is -2.38. The molecule has 1 aliphatic heterocycles.